The summed E-state index contributed by atoms with van der Waals surface area (Å²) in [6.07, 6.45) is 4.35. The molecule has 1 unspecified atom stereocenters. The van der Waals surface area contributed by atoms with Crippen LogP contribution >= 0.6 is 23.4 Å². The van der Waals surface area contributed by atoms with Crippen molar-refractivity contribution in [1.29, 1.82) is 0 Å². The molecule has 1 aliphatic heterocycles. The fraction of sp³-hybridized carbons (Fsp3) is 0.412. The number of anilines is 1. The Morgan fingerprint density at radius 1 is 1.17 bits per heavy atom. The van der Waals surface area contributed by atoms with E-state index in [1.165, 1.54) is 11.8 Å². The fourth-order valence-electron chi connectivity index (χ4n) is 3.61. The van der Waals surface area contributed by atoms with Crippen LogP contribution in [0.1, 0.15) is 48.1 Å². The largest absolute Gasteiger partial charge is 0.310 e. The predicted molar refractivity (Wildman–Crippen MR) is 96.9 cm³/mol. The molecule has 24 heavy (non-hydrogen) atoms. The molecule has 1 aliphatic carbocycles. The second-order valence-electron chi connectivity index (χ2n) is 6.27. The van der Waals surface area contributed by atoms with Crippen LogP contribution in [0.2, 0.25) is 5.02 Å². The van der Waals surface area contributed by atoms with Gasteiger partial charge in [-0.25, -0.2) is 0 Å². The minimum Gasteiger partial charge on any atom is -0.310 e. The van der Waals surface area contributed by atoms with E-state index in [2.05, 4.69) is 10.4 Å². The lowest BCUT2D eigenvalue weighted by molar-refractivity contribution is -0.113. The number of carbonyl (C=O) groups excluding carboxylic acids is 1. The highest BCUT2D eigenvalue weighted by atomic mass is 35.5. The van der Waals surface area contributed by atoms with Crippen LogP contribution in [-0.2, 0) is 4.79 Å². The van der Waals surface area contributed by atoms with E-state index in [4.69, 9.17) is 11.6 Å². The van der Waals surface area contributed by atoms with Gasteiger partial charge in [-0.1, -0.05) is 42.6 Å². The van der Waals surface area contributed by atoms with Crippen molar-refractivity contribution in [2.24, 2.45) is 0 Å². The summed E-state index contributed by atoms with van der Waals surface area (Å²) in [4.78, 5) is 24.9. The Bertz CT molecular complexity index is 839. The highest BCUT2D eigenvalue weighted by molar-refractivity contribution is 8.00. The first-order valence-corrected chi connectivity index (χ1v) is 9.58. The summed E-state index contributed by atoms with van der Waals surface area (Å²) in [6, 6.07) is 7.76. The summed E-state index contributed by atoms with van der Waals surface area (Å²) in [5.41, 5.74) is 1.33. The smallest absolute Gasteiger partial charge is 0.270 e. The lowest BCUT2D eigenvalue weighted by Crippen LogP contribution is -2.18. The first kappa shape index (κ1) is 15.8. The molecule has 126 valence electrons. The standard InChI is InChI=1S/C17H18ClN3O2S/c18-12-8-4-3-7-11(12)15-14-16(19-13(22)9-24-15)21(20-17(14)23)10-5-1-2-6-10/h3-4,7-8,10,15H,1-2,5-6,9H2,(H,19,22)(H,20,23). The van der Waals surface area contributed by atoms with Gasteiger partial charge in [0.1, 0.15) is 5.82 Å². The van der Waals surface area contributed by atoms with Gasteiger partial charge in [-0.3, -0.25) is 19.4 Å². The molecule has 1 amide bonds. The zero-order valence-electron chi connectivity index (χ0n) is 13.0. The number of rotatable bonds is 2. The summed E-state index contributed by atoms with van der Waals surface area (Å²) < 4.78 is 1.87. The molecule has 2 heterocycles. The monoisotopic (exact) mass is 363 g/mol. The van der Waals surface area contributed by atoms with E-state index in [1.807, 2.05) is 28.9 Å². The predicted octanol–water partition coefficient (Wildman–Crippen LogP) is 3.72. The number of H-pyrrole nitrogens is 1. The van der Waals surface area contributed by atoms with Crippen molar-refractivity contribution in [1.82, 2.24) is 9.78 Å². The molecular weight excluding hydrogens is 346 g/mol. The summed E-state index contributed by atoms with van der Waals surface area (Å²) in [6.45, 7) is 0. The van der Waals surface area contributed by atoms with Crippen LogP contribution in [0.15, 0.2) is 29.1 Å². The number of hydrogen-bond donors (Lipinski definition) is 2. The van der Waals surface area contributed by atoms with E-state index in [0.717, 1.165) is 31.2 Å². The number of nitrogens with one attached hydrogen (secondary N) is 2. The average molecular weight is 364 g/mol. The van der Waals surface area contributed by atoms with Crippen molar-refractivity contribution < 1.29 is 4.79 Å². The number of amides is 1. The maximum atomic E-state index is 12.7. The third-order valence-corrected chi connectivity index (χ3v) is 6.34. The van der Waals surface area contributed by atoms with Gasteiger partial charge >= 0.3 is 0 Å². The Morgan fingerprint density at radius 3 is 2.67 bits per heavy atom. The second kappa shape index (κ2) is 6.33. The van der Waals surface area contributed by atoms with Crippen LogP contribution in [-0.4, -0.2) is 21.4 Å². The van der Waals surface area contributed by atoms with Crippen LogP contribution < -0.4 is 10.9 Å². The van der Waals surface area contributed by atoms with E-state index >= 15 is 0 Å². The van der Waals surface area contributed by atoms with Gasteiger partial charge in [-0.15, -0.1) is 11.8 Å². The third-order valence-electron chi connectivity index (χ3n) is 4.74. The van der Waals surface area contributed by atoms with Gasteiger partial charge in [0.05, 0.1) is 22.6 Å². The normalized spacial score (nSPS) is 21.4. The van der Waals surface area contributed by atoms with Gasteiger partial charge in [0, 0.05) is 5.02 Å². The van der Waals surface area contributed by atoms with Crippen molar-refractivity contribution in [2.75, 3.05) is 11.1 Å². The number of benzene rings is 1. The molecule has 2 aromatic rings. The van der Waals surface area contributed by atoms with Crippen molar-refractivity contribution >= 4 is 35.1 Å². The number of nitrogens with zero attached hydrogens (tertiary/aromatic N) is 1. The first-order valence-electron chi connectivity index (χ1n) is 8.15. The molecule has 0 bridgehead atoms. The Kier molecular flexibility index (Phi) is 4.18. The second-order valence-corrected chi connectivity index (χ2v) is 7.77. The van der Waals surface area contributed by atoms with E-state index < -0.39 is 0 Å². The average Bonchev–Trinajstić information content (AvgIpc) is 3.15. The number of halogens is 1. The highest BCUT2D eigenvalue weighted by Crippen LogP contribution is 2.43. The summed E-state index contributed by atoms with van der Waals surface area (Å²) in [5.74, 6) is 0.836. The first-order chi connectivity index (χ1) is 11.6. The van der Waals surface area contributed by atoms with Crippen molar-refractivity contribution in [3.63, 3.8) is 0 Å². The van der Waals surface area contributed by atoms with Gasteiger partial charge in [-0.2, -0.15) is 0 Å². The van der Waals surface area contributed by atoms with Gasteiger partial charge in [0.15, 0.2) is 0 Å². The number of carbonyl (C=O) groups is 1. The van der Waals surface area contributed by atoms with Gasteiger partial charge in [0.25, 0.3) is 5.56 Å². The van der Waals surface area contributed by atoms with Gasteiger partial charge in [0.2, 0.25) is 5.91 Å². The topological polar surface area (TPSA) is 66.9 Å². The quantitative estimate of drug-likeness (QED) is 0.854. The lowest BCUT2D eigenvalue weighted by Gasteiger charge is -2.17. The van der Waals surface area contributed by atoms with Crippen LogP contribution in [0.3, 0.4) is 0 Å². The van der Waals surface area contributed by atoms with Crippen LogP contribution in [0.5, 0.6) is 0 Å². The van der Waals surface area contributed by atoms with Gasteiger partial charge in [-0.05, 0) is 24.5 Å². The molecule has 4 rings (SSSR count). The van der Waals surface area contributed by atoms with Crippen LogP contribution in [0.25, 0.3) is 0 Å². The van der Waals surface area contributed by atoms with E-state index in [9.17, 15) is 9.59 Å². The number of aromatic amines is 1. The molecule has 2 aliphatic rings. The fourth-order valence-corrected chi connectivity index (χ4v) is 5.08. The molecule has 7 heteroatoms. The molecular formula is C17H18ClN3O2S. The van der Waals surface area contributed by atoms with Crippen LogP contribution in [0.4, 0.5) is 5.82 Å². The molecule has 1 saturated carbocycles. The Labute approximate surface area is 148 Å². The number of fused-ring (bicyclic) bond motifs is 1. The maximum Gasteiger partial charge on any atom is 0.270 e. The van der Waals surface area contributed by atoms with E-state index in [1.54, 1.807) is 0 Å². The molecule has 0 radical (unpaired) electrons. The molecule has 0 spiro atoms. The van der Waals surface area contributed by atoms with E-state index in [-0.39, 0.29) is 22.8 Å². The summed E-state index contributed by atoms with van der Waals surface area (Å²) in [5, 5.41) is 6.25. The zero-order valence-corrected chi connectivity index (χ0v) is 14.6. The zero-order chi connectivity index (χ0) is 16.7. The molecule has 5 nitrogen and oxygen atoms in total. The summed E-state index contributed by atoms with van der Waals surface area (Å²) >= 11 is 7.80. The van der Waals surface area contributed by atoms with Gasteiger partial charge < -0.3 is 5.32 Å². The van der Waals surface area contributed by atoms with Crippen molar-refractivity contribution in [3.8, 4) is 0 Å². The Balaban J connectivity index is 1.87. The Morgan fingerprint density at radius 2 is 1.92 bits per heavy atom. The highest BCUT2D eigenvalue weighted by Gasteiger charge is 2.33. The maximum absolute atomic E-state index is 12.7. The minimum atomic E-state index is -0.251. The SMILES string of the molecule is O=C1CSC(c2ccccc2Cl)c2c(n(C3CCCC3)[nH]c2=O)N1. The molecule has 1 atom stereocenters. The molecule has 1 aromatic carbocycles. The van der Waals surface area contributed by atoms with Crippen LogP contribution in [0, 0.1) is 0 Å². The lowest BCUT2D eigenvalue weighted by atomic mass is 10.1. The Hall–Kier alpha value is -1.66. The molecule has 2 N–H and O–H groups in total. The molecule has 1 aromatic heterocycles. The number of thioether (sulfide) groups is 1. The van der Waals surface area contributed by atoms with Crippen molar-refractivity contribution in [2.45, 2.75) is 37.0 Å². The molecule has 0 saturated heterocycles. The third kappa shape index (κ3) is 2.67. The number of aromatic nitrogens is 2. The molecule has 1 fully saturated rings. The number of hydrogen-bond acceptors (Lipinski definition) is 3. The van der Waals surface area contributed by atoms with E-state index in [0.29, 0.717) is 22.2 Å². The summed E-state index contributed by atoms with van der Waals surface area (Å²) in [7, 11) is 0. The van der Waals surface area contributed by atoms with Crippen molar-refractivity contribution in [3.05, 3.63) is 50.8 Å². The minimum absolute atomic E-state index is 0.0819.